The lowest BCUT2D eigenvalue weighted by Gasteiger charge is -2.05. The van der Waals surface area contributed by atoms with Gasteiger partial charge in [-0.05, 0) is 13.3 Å². The van der Waals surface area contributed by atoms with E-state index in [1.54, 1.807) is 6.92 Å². The van der Waals surface area contributed by atoms with Gasteiger partial charge < -0.3 is 9.47 Å². The molecule has 0 aromatic carbocycles. The standard InChI is InChI=1S/C24H46O4/c1-3-5-6-7-8-9-10-11-12-13-14-15-16-17-18-19-22-28-24(26)21-20-23(25)27-4-2/h3-22H2,1-2H3. The molecule has 28 heavy (non-hydrogen) atoms. The minimum Gasteiger partial charge on any atom is -0.466 e. The molecular weight excluding hydrogens is 352 g/mol. The van der Waals surface area contributed by atoms with Crippen LogP contribution in [0.2, 0.25) is 0 Å². The maximum Gasteiger partial charge on any atom is 0.306 e. The summed E-state index contributed by atoms with van der Waals surface area (Å²) in [4.78, 5) is 22.6. The Balaban J connectivity index is 3.15. The van der Waals surface area contributed by atoms with Gasteiger partial charge in [0, 0.05) is 0 Å². The van der Waals surface area contributed by atoms with Gasteiger partial charge in [0.15, 0.2) is 0 Å². The highest BCUT2D eigenvalue weighted by atomic mass is 16.5. The van der Waals surface area contributed by atoms with Gasteiger partial charge in [-0.25, -0.2) is 0 Å². The predicted molar refractivity (Wildman–Crippen MR) is 116 cm³/mol. The number of rotatable bonds is 21. The molecule has 0 saturated heterocycles. The van der Waals surface area contributed by atoms with Crippen molar-refractivity contribution in [2.24, 2.45) is 0 Å². The largest absolute Gasteiger partial charge is 0.466 e. The van der Waals surface area contributed by atoms with Crippen molar-refractivity contribution in [2.75, 3.05) is 13.2 Å². The van der Waals surface area contributed by atoms with Gasteiger partial charge >= 0.3 is 11.9 Å². The summed E-state index contributed by atoms with van der Waals surface area (Å²) in [7, 11) is 0. The first-order valence-corrected chi connectivity index (χ1v) is 12.0. The first kappa shape index (κ1) is 26.9. The SMILES string of the molecule is CCCCCCCCCCCCCCCCCCOC(=O)CCC(=O)OCC. The van der Waals surface area contributed by atoms with Gasteiger partial charge in [0.1, 0.15) is 0 Å². The van der Waals surface area contributed by atoms with Crippen LogP contribution in [0.25, 0.3) is 0 Å². The third-order valence-electron chi connectivity index (χ3n) is 5.10. The van der Waals surface area contributed by atoms with Crippen LogP contribution in [0.15, 0.2) is 0 Å². The van der Waals surface area contributed by atoms with Crippen molar-refractivity contribution in [1.29, 1.82) is 0 Å². The number of carbonyl (C=O) groups is 2. The zero-order chi connectivity index (χ0) is 20.7. The number of ether oxygens (including phenoxy) is 2. The third kappa shape index (κ3) is 21.2. The molecule has 0 heterocycles. The summed E-state index contributed by atoms with van der Waals surface area (Å²) in [6.45, 7) is 4.86. The Morgan fingerprint density at radius 1 is 0.500 bits per heavy atom. The number of carbonyl (C=O) groups excluding carboxylic acids is 2. The predicted octanol–water partition coefficient (Wildman–Crippen LogP) is 7.13. The van der Waals surface area contributed by atoms with E-state index in [0.717, 1.165) is 12.8 Å². The van der Waals surface area contributed by atoms with E-state index in [2.05, 4.69) is 6.92 Å². The average molecular weight is 399 g/mol. The lowest BCUT2D eigenvalue weighted by atomic mass is 10.0. The Bertz CT molecular complexity index is 355. The van der Waals surface area contributed by atoms with Crippen LogP contribution in [0.1, 0.15) is 129 Å². The van der Waals surface area contributed by atoms with Gasteiger partial charge in [-0.2, -0.15) is 0 Å². The third-order valence-corrected chi connectivity index (χ3v) is 5.10. The second-order valence-electron chi connectivity index (χ2n) is 7.83. The fourth-order valence-corrected chi connectivity index (χ4v) is 3.35. The molecule has 0 fully saturated rings. The summed E-state index contributed by atoms with van der Waals surface area (Å²) in [5.74, 6) is -0.629. The number of hydrogen-bond donors (Lipinski definition) is 0. The lowest BCUT2D eigenvalue weighted by Crippen LogP contribution is -2.10. The van der Waals surface area contributed by atoms with Crippen molar-refractivity contribution >= 4 is 11.9 Å². The topological polar surface area (TPSA) is 52.6 Å². The van der Waals surface area contributed by atoms with Crippen LogP contribution >= 0.6 is 0 Å². The van der Waals surface area contributed by atoms with Crippen molar-refractivity contribution in [1.82, 2.24) is 0 Å². The number of esters is 2. The molecule has 4 heteroatoms. The molecule has 0 amide bonds. The summed E-state index contributed by atoms with van der Waals surface area (Å²) >= 11 is 0. The zero-order valence-electron chi connectivity index (χ0n) is 18.8. The van der Waals surface area contributed by atoms with E-state index >= 15 is 0 Å². The summed E-state index contributed by atoms with van der Waals surface area (Å²) in [5.41, 5.74) is 0. The van der Waals surface area contributed by atoms with E-state index < -0.39 is 0 Å². The molecule has 0 N–H and O–H groups in total. The van der Waals surface area contributed by atoms with Crippen molar-refractivity contribution < 1.29 is 19.1 Å². The van der Waals surface area contributed by atoms with E-state index in [1.807, 2.05) is 0 Å². The minimum absolute atomic E-state index is 0.117. The molecular formula is C24H46O4. The summed E-state index contributed by atoms with van der Waals surface area (Å²) in [5, 5.41) is 0. The van der Waals surface area contributed by atoms with Crippen molar-refractivity contribution in [3.63, 3.8) is 0 Å². The highest BCUT2D eigenvalue weighted by Crippen LogP contribution is 2.13. The Hall–Kier alpha value is -1.06. The van der Waals surface area contributed by atoms with Crippen LogP contribution in [0.5, 0.6) is 0 Å². The maximum absolute atomic E-state index is 11.5. The van der Waals surface area contributed by atoms with Gasteiger partial charge in [0.05, 0.1) is 26.1 Å². The molecule has 4 nitrogen and oxygen atoms in total. The molecule has 0 aromatic heterocycles. The van der Waals surface area contributed by atoms with E-state index in [0.29, 0.717) is 13.2 Å². The van der Waals surface area contributed by atoms with Crippen LogP contribution in [-0.4, -0.2) is 25.2 Å². The molecule has 0 spiro atoms. The van der Waals surface area contributed by atoms with Crippen LogP contribution in [0.3, 0.4) is 0 Å². The molecule has 0 aromatic rings. The second-order valence-corrected chi connectivity index (χ2v) is 7.83. The van der Waals surface area contributed by atoms with Crippen molar-refractivity contribution in [3.8, 4) is 0 Å². The highest BCUT2D eigenvalue weighted by molar-refractivity contribution is 5.77. The lowest BCUT2D eigenvalue weighted by molar-refractivity contribution is -0.150. The van der Waals surface area contributed by atoms with Crippen LogP contribution in [0.4, 0.5) is 0 Å². The van der Waals surface area contributed by atoms with Gasteiger partial charge in [0.2, 0.25) is 0 Å². The summed E-state index contributed by atoms with van der Waals surface area (Å²) < 4.78 is 9.93. The molecule has 166 valence electrons. The molecule has 0 radical (unpaired) electrons. The molecule has 0 aliphatic rings. The maximum atomic E-state index is 11.5. The molecule has 0 aliphatic carbocycles. The summed E-state index contributed by atoms with van der Waals surface area (Å²) in [6, 6.07) is 0. The molecule has 0 bridgehead atoms. The van der Waals surface area contributed by atoms with Crippen LogP contribution < -0.4 is 0 Å². The first-order chi connectivity index (χ1) is 13.7. The highest BCUT2D eigenvalue weighted by Gasteiger charge is 2.08. The normalized spacial score (nSPS) is 10.8. The van der Waals surface area contributed by atoms with Gasteiger partial charge in [-0.3, -0.25) is 9.59 Å². The quantitative estimate of drug-likeness (QED) is 0.152. The Morgan fingerprint density at radius 3 is 1.25 bits per heavy atom. The van der Waals surface area contributed by atoms with Crippen LogP contribution in [0, 0.1) is 0 Å². The van der Waals surface area contributed by atoms with Gasteiger partial charge in [-0.1, -0.05) is 103 Å². The Kier molecular flexibility index (Phi) is 21.4. The van der Waals surface area contributed by atoms with Crippen LogP contribution in [-0.2, 0) is 19.1 Å². The average Bonchev–Trinajstić information content (AvgIpc) is 2.69. The number of unbranched alkanes of at least 4 members (excludes halogenated alkanes) is 15. The van der Waals surface area contributed by atoms with Crippen molar-refractivity contribution in [2.45, 2.75) is 129 Å². The Morgan fingerprint density at radius 2 is 0.857 bits per heavy atom. The summed E-state index contributed by atoms with van der Waals surface area (Å²) in [6.07, 6.45) is 21.5. The fraction of sp³-hybridized carbons (Fsp3) is 0.917. The Labute approximate surface area is 174 Å². The van der Waals surface area contributed by atoms with E-state index in [1.165, 1.54) is 89.9 Å². The fourth-order valence-electron chi connectivity index (χ4n) is 3.35. The van der Waals surface area contributed by atoms with E-state index in [9.17, 15) is 9.59 Å². The molecule has 0 aliphatic heterocycles. The van der Waals surface area contributed by atoms with Gasteiger partial charge in [0.25, 0.3) is 0 Å². The van der Waals surface area contributed by atoms with E-state index in [4.69, 9.17) is 9.47 Å². The zero-order valence-corrected chi connectivity index (χ0v) is 18.8. The van der Waals surface area contributed by atoms with E-state index in [-0.39, 0.29) is 24.8 Å². The monoisotopic (exact) mass is 398 g/mol. The van der Waals surface area contributed by atoms with Gasteiger partial charge in [-0.15, -0.1) is 0 Å². The minimum atomic E-state index is -0.332. The molecule has 0 unspecified atom stereocenters. The second kappa shape index (κ2) is 22.2. The number of hydrogen-bond acceptors (Lipinski definition) is 4. The first-order valence-electron chi connectivity index (χ1n) is 12.0. The van der Waals surface area contributed by atoms with Crippen molar-refractivity contribution in [3.05, 3.63) is 0 Å². The smallest absolute Gasteiger partial charge is 0.306 e. The molecule has 0 rings (SSSR count). The molecule has 0 saturated carbocycles. The molecule has 0 atom stereocenters.